The smallest absolute Gasteiger partial charge is 0.790 e. The van der Waals surface area contributed by atoms with Crippen LogP contribution in [0.5, 0.6) is 0 Å². The third-order valence-corrected chi connectivity index (χ3v) is 4.79. The van der Waals surface area contributed by atoms with Crippen molar-refractivity contribution in [3.8, 4) is 59.2 Å². The third-order valence-electron chi connectivity index (χ3n) is 4.33. The Balaban J connectivity index is -0.0000000928. The third kappa shape index (κ3) is 35.2. The summed E-state index contributed by atoms with van der Waals surface area (Å²) in [5, 5.41) is 0. The quantitative estimate of drug-likeness (QED) is 0.0520. The number of carbonyl (C=O) groups is 2. The number of rotatable bonds is 16. The van der Waals surface area contributed by atoms with Crippen LogP contribution in [-0.4, -0.2) is 31.3 Å². The van der Waals surface area contributed by atoms with Crippen molar-refractivity contribution in [2.45, 2.75) is 84.2 Å². The van der Waals surface area contributed by atoms with E-state index in [9.17, 15) is 23.9 Å². The SMILES string of the molecule is CC#CC#CC#CC#CC#CC(=O)OC[C@@H](COP(=O)([O-])[O-])OC(=O)CCCCCCCCCCC.S.[HH].[HH].[HH].[HH].[HH].[HH].[HH].[HH].[HH].[Na+].[Na+]. The first-order chi connectivity index (χ1) is 17.3. The summed E-state index contributed by atoms with van der Waals surface area (Å²) in [5.41, 5.74) is 0. The second-order valence-corrected chi connectivity index (χ2v) is 8.56. The summed E-state index contributed by atoms with van der Waals surface area (Å²) in [5.74, 6) is 22.1. The van der Waals surface area contributed by atoms with E-state index in [1.165, 1.54) is 32.1 Å². The van der Waals surface area contributed by atoms with Crippen LogP contribution in [0.4, 0.5) is 0 Å². The largest absolute Gasteiger partial charge is 1.00 e. The van der Waals surface area contributed by atoms with E-state index in [2.05, 4.69) is 70.7 Å². The van der Waals surface area contributed by atoms with Crippen LogP contribution in [0, 0.1) is 59.2 Å². The van der Waals surface area contributed by atoms with E-state index >= 15 is 0 Å². The predicted molar refractivity (Wildman–Crippen MR) is 160 cm³/mol. The molecular formula is C27H51Na2O8PS. The van der Waals surface area contributed by atoms with Crippen LogP contribution in [0.25, 0.3) is 0 Å². The molecule has 0 aromatic heterocycles. The molecule has 8 nitrogen and oxygen atoms in total. The number of esters is 2. The fourth-order valence-corrected chi connectivity index (χ4v) is 3.00. The Morgan fingerprint density at radius 2 is 1.28 bits per heavy atom. The van der Waals surface area contributed by atoms with Crippen LogP contribution >= 0.6 is 21.3 Å². The zero-order chi connectivity index (χ0) is 26.9. The maximum Gasteiger partial charge on any atom is 1.00 e. The van der Waals surface area contributed by atoms with Gasteiger partial charge in [-0.1, -0.05) is 64.2 Å². The molecule has 0 saturated heterocycles. The van der Waals surface area contributed by atoms with Gasteiger partial charge in [0.15, 0.2) is 6.10 Å². The van der Waals surface area contributed by atoms with E-state index in [1.807, 2.05) is 0 Å². The molecule has 12 heteroatoms. The molecule has 0 heterocycles. The van der Waals surface area contributed by atoms with Crippen molar-refractivity contribution >= 4 is 33.3 Å². The van der Waals surface area contributed by atoms with Gasteiger partial charge >= 0.3 is 71.1 Å². The van der Waals surface area contributed by atoms with E-state index in [1.54, 1.807) is 6.92 Å². The molecule has 0 aliphatic heterocycles. The summed E-state index contributed by atoms with van der Waals surface area (Å²) in [6.07, 6.45) is 8.50. The first-order valence-electron chi connectivity index (χ1n) is 11.7. The van der Waals surface area contributed by atoms with Crippen molar-refractivity contribution in [3.05, 3.63) is 0 Å². The Morgan fingerprint density at radius 1 is 0.795 bits per heavy atom. The molecule has 0 aromatic carbocycles. The molecule has 0 radical (unpaired) electrons. The number of carbonyl (C=O) groups excluding carboxylic acids is 2. The zero-order valence-corrected chi connectivity index (χ0v) is 29.2. The Bertz CT molecular complexity index is 1080. The van der Waals surface area contributed by atoms with Gasteiger partial charge in [0, 0.05) is 25.2 Å². The molecule has 39 heavy (non-hydrogen) atoms. The fraction of sp³-hybridized carbons (Fsp3) is 0.556. The van der Waals surface area contributed by atoms with Gasteiger partial charge in [0.2, 0.25) is 0 Å². The number of phosphoric acid groups is 1. The maximum absolute atomic E-state index is 12.1. The summed E-state index contributed by atoms with van der Waals surface area (Å²) in [6, 6.07) is 0. The van der Waals surface area contributed by atoms with Crippen LogP contribution in [0.2, 0.25) is 0 Å². The van der Waals surface area contributed by atoms with Gasteiger partial charge < -0.3 is 28.3 Å². The standard InChI is InChI=1S/C27H33O8P.2Na.H2S.9H2/c1-3-5-7-9-11-13-15-17-19-21-26(28)33-23-25(24-34-36(30,31)32)35-27(29)22-20-18-16-14-12-10-8-6-4-2;;;;;;;;;;;;/h25H,4,6,8,10,12,14,16,18,20,22-24H2,1-2H3,(H2,30,31,32);;;1H2;9*1H/q;2*+1;;;;;;;;;;/p-2/t25-;;;;;;;;;;;;/m0............/s1. The molecule has 0 saturated carbocycles. The molecule has 220 valence electrons. The molecule has 0 aliphatic rings. The molecule has 0 amide bonds. The van der Waals surface area contributed by atoms with Gasteiger partial charge in [0.1, 0.15) is 6.61 Å². The molecule has 0 rings (SSSR count). The topological polar surface area (TPSA) is 125 Å². The molecule has 0 N–H and O–H groups in total. The van der Waals surface area contributed by atoms with Gasteiger partial charge in [-0.3, -0.25) is 4.79 Å². The first-order valence-corrected chi connectivity index (χ1v) is 13.2. The first kappa shape index (κ1) is 45.2. The number of phosphoric ester groups is 1. The Labute approximate surface area is 297 Å². The number of ether oxygens (including phenoxy) is 2. The average Bonchev–Trinajstić information content (AvgIpc) is 2.83. The van der Waals surface area contributed by atoms with Gasteiger partial charge in [-0.2, -0.15) is 13.5 Å². The normalized spacial score (nSPS) is 9.44. The number of unbranched alkanes of at least 4 members (excludes halogenated alkanes) is 8. The molecule has 0 unspecified atom stereocenters. The van der Waals surface area contributed by atoms with Gasteiger partial charge in [-0.15, -0.1) is 0 Å². The Hall–Kier alpha value is -0.800. The van der Waals surface area contributed by atoms with Crippen molar-refractivity contribution in [2.75, 3.05) is 13.2 Å². The number of hydrogen-bond acceptors (Lipinski definition) is 8. The predicted octanol–water partition coefficient (Wildman–Crippen LogP) is -1.42. The molecule has 1 atom stereocenters. The summed E-state index contributed by atoms with van der Waals surface area (Å²) < 4.78 is 24.9. The summed E-state index contributed by atoms with van der Waals surface area (Å²) in [4.78, 5) is 45.3. The Kier molecular flexibility index (Phi) is 36.8. The second kappa shape index (κ2) is 31.7. The van der Waals surface area contributed by atoms with E-state index in [-0.39, 0.29) is 91.9 Å². The molecule has 0 spiro atoms. The van der Waals surface area contributed by atoms with Crippen LogP contribution in [0.3, 0.4) is 0 Å². The van der Waals surface area contributed by atoms with Crippen LogP contribution in [0.15, 0.2) is 0 Å². The fourth-order valence-electron chi connectivity index (χ4n) is 2.65. The average molecular weight is 613 g/mol. The molecule has 0 aliphatic carbocycles. The van der Waals surface area contributed by atoms with Crippen molar-refractivity contribution in [2.24, 2.45) is 0 Å². The minimum Gasteiger partial charge on any atom is -0.790 e. The summed E-state index contributed by atoms with van der Waals surface area (Å²) >= 11 is 0. The maximum atomic E-state index is 12.1. The minimum atomic E-state index is -5.30. The van der Waals surface area contributed by atoms with E-state index < -0.39 is 39.1 Å². The van der Waals surface area contributed by atoms with Crippen molar-refractivity contribution < 1.29 is 110 Å². The zero-order valence-electron chi connectivity index (χ0n) is 23.3. The van der Waals surface area contributed by atoms with Crippen molar-refractivity contribution in [3.63, 3.8) is 0 Å². The second-order valence-electron chi connectivity index (χ2n) is 7.41. The summed E-state index contributed by atoms with van der Waals surface area (Å²) in [6.45, 7) is 2.50. The molecule has 0 fully saturated rings. The van der Waals surface area contributed by atoms with Crippen molar-refractivity contribution in [1.29, 1.82) is 0 Å². The van der Waals surface area contributed by atoms with E-state index in [0.29, 0.717) is 6.42 Å². The van der Waals surface area contributed by atoms with Gasteiger partial charge in [-0.05, 0) is 60.7 Å². The monoisotopic (exact) mass is 612 g/mol. The molecular weight excluding hydrogens is 561 g/mol. The van der Waals surface area contributed by atoms with Gasteiger partial charge in [0.05, 0.1) is 14.4 Å². The van der Waals surface area contributed by atoms with Crippen LogP contribution in [0.1, 0.15) is 90.9 Å². The molecule has 0 bridgehead atoms. The van der Waals surface area contributed by atoms with Crippen LogP contribution < -0.4 is 68.9 Å². The molecule has 0 aromatic rings. The van der Waals surface area contributed by atoms with Crippen LogP contribution in [-0.2, 0) is 28.2 Å². The number of hydrogen-bond donors (Lipinski definition) is 0. The Morgan fingerprint density at radius 3 is 1.79 bits per heavy atom. The van der Waals surface area contributed by atoms with Gasteiger partial charge in [0.25, 0.3) is 0 Å². The van der Waals surface area contributed by atoms with Crippen molar-refractivity contribution in [1.82, 2.24) is 0 Å². The van der Waals surface area contributed by atoms with E-state index in [0.717, 1.165) is 19.3 Å². The van der Waals surface area contributed by atoms with E-state index in [4.69, 9.17) is 9.47 Å². The minimum absolute atomic E-state index is 0. The summed E-state index contributed by atoms with van der Waals surface area (Å²) in [7, 11) is -5.30. The van der Waals surface area contributed by atoms with Gasteiger partial charge in [-0.25, -0.2) is 4.79 Å².